The highest BCUT2D eigenvalue weighted by Gasteiger charge is 2.50. The van der Waals surface area contributed by atoms with Gasteiger partial charge in [0.15, 0.2) is 18.7 Å². The first kappa shape index (κ1) is 22.2. The van der Waals surface area contributed by atoms with Crippen molar-refractivity contribution >= 4 is 11.9 Å². The molecule has 166 valence electrons. The summed E-state index contributed by atoms with van der Waals surface area (Å²) >= 11 is 0. The first-order valence-corrected chi connectivity index (χ1v) is 8.85. The fourth-order valence-corrected chi connectivity index (χ4v) is 3.33. The smallest absolute Gasteiger partial charge is 0.326 e. The van der Waals surface area contributed by atoms with E-state index in [1.165, 1.54) is 0 Å². The van der Waals surface area contributed by atoms with Crippen LogP contribution in [-0.2, 0) is 19.0 Å². The number of ether oxygens (including phenoxy) is 3. The van der Waals surface area contributed by atoms with Crippen LogP contribution in [-0.4, -0.2) is 129 Å². The van der Waals surface area contributed by atoms with Crippen molar-refractivity contribution < 1.29 is 58.8 Å². The molecule has 3 aliphatic rings. The monoisotopic (exact) mass is 426 g/mol. The number of nitrogens with one attached hydrogen (secondary N) is 1. The zero-order valence-electron chi connectivity index (χ0n) is 14.9. The van der Waals surface area contributed by atoms with E-state index in [0.717, 1.165) is 0 Å². The number of carbonyl (C=O) groups is 2. The maximum atomic E-state index is 13.6. The Kier molecular flexibility index (Phi) is 6.67. The molecule has 3 heterocycles. The van der Waals surface area contributed by atoms with Gasteiger partial charge in [-0.3, -0.25) is 15.0 Å². The number of hydrogen-bond acceptors (Lipinski definition) is 11. The summed E-state index contributed by atoms with van der Waals surface area (Å²) in [6.45, 7) is -1.84. The second-order valence-corrected chi connectivity index (χ2v) is 6.99. The third kappa shape index (κ3) is 4.21. The third-order valence-electron chi connectivity index (χ3n) is 5.05. The number of aliphatic hydroxyl groups is 6. The van der Waals surface area contributed by atoms with Gasteiger partial charge in [0, 0.05) is 0 Å². The van der Waals surface area contributed by atoms with Gasteiger partial charge in [0.05, 0.1) is 19.8 Å². The lowest BCUT2D eigenvalue weighted by atomic mass is 9.99. The summed E-state index contributed by atoms with van der Waals surface area (Å²) in [5, 5.41) is 60.6. The van der Waals surface area contributed by atoms with Gasteiger partial charge in [-0.25, -0.2) is 9.18 Å². The van der Waals surface area contributed by atoms with Crippen LogP contribution in [0.25, 0.3) is 0 Å². The number of rotatable bonds is 5. The molecule has 0 aliphatic carbocycles. The molecule has 14 heteroatoms. The summed E-state index contributed by atoms with van der Waals surface area (Å²) < 4.78 is 29.4. The van der Waals surface area contributed by atoms with Gasteiger partial charge in [-0.15, -0.1) is 0 Å². The summed E-state index contributed by atoms with van der Waals surface area (Å²) in [7, 11) is 0. The molecule has 10 unspecified atom stereocenters. The van der Waals surface area contributed by atoms with Crippen LogP contribution in [0.3, 0.4) is 0 Å². The number of hydrogen-bond donors (Lipinski definition) is 7. The van der Waals surface area contributed by atoms with Crippen LogP contribution in [0.1, 0.15) is 0 Å². The molecule has 0 aromatic carbocycles. The average molecular weight is 426 g/mol. The molecule has 0 spiro atoms. The largest absolute Gasteiger partial charge is 0.394 e. The predicted octanol–water partition coefficient (Wildman–Crippen LogP) is -4.86. The van der Waals surface area contributed by atoms with Gasteiger partial charge in [0.1, 0.15) is 42.7 Å². The van der Waals surface area contributed by atoms with E-state index in [9.17, 15) is 39.5 Å². The van der Waals surface area contributed by atoms with Gasteiger partial charge in [-0.05, 0) is 0 Å². The third-order valence-corrected chi connectivity index (χ3v) is 5.05. The molecule has 3 amide bonds. The number of alkyl halides is 1. The molecule has 13 nitrogen and oxygen atoms in total. The number of amides is 3. The van der Waals surface area contributed by atoms with Crippen LogP contribution >= 0.6 is 0 Å². The van der Waals surface area contributed by atoms with Crippen molar-refractivity contribution in [2.24, 2.45) is 0 Å². The van der Waals surface area contributed by atoms with Crippen LogP contribution < -0.4 is 5.32 Å². The predicted molar refractivity (Wildman–Crippen MR) is 85.5 cm³/mol. The second-order valence-electron chi connectivity index (χ2n) is 6.99. The molecule has 3 saturated heterocycles. The molecule has 0 aromatic rings. The fourth-order valence-electron chi connectivity index (χ4n) is 3.33. The lowest BCUT2D eigenvalue weighted by Crippen LogP contribution is -2.61. The van der Waals surface area contributed by atoms with Gasteiger partial charge in [0.25, 0.3) is 5.91 Å². The molecule has 3 aliphatic heterocycles. The Morgan fingerprint density at radius 3 is 2.31 bits per heavy atom. The normalized spacial score (nSPS) is 46.1. The number of halogens is 1. The van der Waals surface area contributed by atoms with Crippen LogP contribution in [0.4, 0.5) is 9.18 Å². The number of urea groups is 1. The van der Waals surface area contributed by atoms with E-state index in [2.05, 4.69) is 0 Å². The van der Waals surface area contributed by atoms with Crippen molar-refractivity contribution in [3.05, 3.63) is 0 Å². The minimum Gasteiger partial charge on any atom is -0.394 e. The highest BCUT2D eigenvalue weighted by atomic mass is 19.1. The fraction of sp³-hybridized carbons (Fsp3) is 0.867. The SMILES string of the molecule is O=C1NC(=O)N(C2OC(COC3OC(CO)C(O)C(O)C3O)C(O)C2O)CC1F. The highest BCUT2D eigenvalue weighted by molar-refractivity contribution is 5.99. The summed E-state index contributed by atoms with van der Waals surface area (Å²) in [4.78, 5) is 23.8. The maximum absolute atomic E-state index is 13.6. The van der Waals surface area contributed by atoms with Gasteiger partial charge in [-0.1, -0.05) is 0 Å². The van der Waals surface area contributed by atoms with Crippen molar-refractivity contribution in [2.45, 2.75) is 61.4 Å². The van der Waals surface area contributed by atoms with Gasteiger partial charge in [0.2, 0.25) is 0 Å². The first-order valence-electron chi connectivity index (χ1n) is 8.85. The van der Waals surface area contributed by atoms with Crippen molar-refractivity contribution in [2.75, 3.05) is 19.8 Å². The summed E-state index contributed by atoms with van der Waals surface area (Å²) in [6, 6.07) is -1.00. The topological polar surface area (TPSA) is 198 Å². The number of nitrogens with zero attached hydrogens (tertiary/aromatic N) is 1. The molecule has 3 fully saturated rings. The number of imide groups is 1. The molecular weight excluding hydrogens is 403 g/mol. The van der Waals surface area contributed by atoms with Gasteiger partial charge < -0.3 is 44.8 Å². The van der Waals surface area contributed by atoms with E-state index >= 15 is 0 Å². The number of carbonyl (C=O) groups excluding carboxylic acids is 2. The molecular formula is C15H23FN2O11. The number of aliphatic hydroxyl groups excluding tert-OH is 6. The molecule has 10 atom stereocenters. The van der Waals surface area contributed by atoms with E-state index in [-0.39, 0.29) is 0 Å². The lowest BCUT2D eigenvalue weighted by molar-refractivity contribution is -0.306. The Balaban J connectivity index is 1.61. The molecule has 0 saturated carbocycles. The van der Waals surface area contributed by atoms with Crippen LogP contribution in [0.15, 0.2) is 0 Å². The summed E-state index contributed by atoms with van der Waals surface area (Å²) in [5.41, 5.74) is 0. The molecule has 29 heavy (non-hydrogen) atoms. The van der Waals surface area contributed by atoms with Crippen LogP contribution in [0, 0.1) is 0 Å². The molecule has 0 radical (unpaired) electrons. The Labute approximate surface area is 163 Å². The Morgan fingerprint density at radius 2 is 1.66 bits per heavy atom. The lowest BCUT2D eigenvalue weighted by Gasteiger charge is -2.39. The second kappa shape index (κ2) is 8.71. The molecule has 0 aromatic heterocycles. The minimum atomic E-state index is -2.04. The zero-order valence-corrected chi connectivity index (χ0v) is 14.9. The highest BCUT2D eigenvalue weighted by Crippen LogP contribution is 2.28. The van der Waals surface area contributed by atoms with Gasteiger partial charge >= 0.3 is 6.03 Å². The zero-order chi connectivity index (χ0) is 21.5. The van der Waals surface area contributed by atoms with Gasteiger partial charge in [-0.2, -0.15) is 0 Å². The van der Waals surface area contributed by atoms with E-state index in [4.69, 9.17) is 19.3 Å². The van der Waals surface area contributed by atoms with E-state index in [0.29, 0.717) is 4.90 Å². The molecule has 3 rings (SSSR count). The van der Waals surface area contributed by atoms with Crippen molar-refractivity contribution in [3.63, 3.8) is 0 Å². The van der Waals surface area contributed by atoms with Crippen LogP contribution in [0.5, 0.6) is 0 Å². The Morgan fingerprint density at radius 1 is 1.00 bits per heavy atom. The molecule has 0 bridgehead atoms. The van der Waals surface area contributed by atoms with Crippen molar-refractivity contribution in [1.29, 1.82) is 0 Å². The minimum absolute atomic E-state index is 0.495. The first-order chi connectivity index (χ1) is 13.6. The molecule has 7 N–H and O–H groups in total. The van der Waals surface area contributed by atoms with Crippen molar-refractivity contribution in [3.8, 4) is 0 Å². The Bertz CT molecular complexity index is 625. The Hall–Kier alpha value is -1.49. The van der Waals surface area contributed by atoms with E-state index in [1.54, 1.807) is 5.32 Å². The maximum Gasteiger partial charge on any atom is 0.326 e. The quantitative estimate of drug-likeness (QED) is 0.222. The van der Waals surface area contributed by atoms with Crippen LogP contribution in [0.2, 0.25) is 0 Å². The van der Waals surface area contributed by atoms with E-state index < -0.39 is 93.1 Å². The van der Waals surface area contributed by atoms with Crippen molar-refractivity contribution in [1.82, 2.24) is 10.2 Å². The standard InChI is InChI=1S/C15H23FN2O11/c16-4-1-18(15(26)17-12(4)25)13-10(23)8(21)6(28-13)3-27-14-11(24)9(22)7(20)5(2-19)29-14/h4-11,13-14,19-24H,1-3H2,(H,17,25,26). The van der Waals surface area contributed by atoms with E-state index in [1.807, 2.05) is 0 Å². The summed E-state index contributed by atoms with van der Waals surface area (Å²) in [5.74, 6) is -1.12. The average Bonchev–Trinajstić information content (AvgIpc) is 2.97. The summed E-state index contributed by atoms with van der Waals surface area (Å²) in [6.07, 6.45) is -15.6.